The summed E-state index contributed by atoms with van der Waals surface area (Å²) in [6.07, 6.45) is 0.695. The van der Waals surface area contributed by atoms with E-state index in [2.05, 4.69) is 21.5 Å². The Kier molecular flexibility index (Phi) is 3.33. The molecule has 6 heteroatoms. The zero-order valence-corrected chi connectivity index (χ0v) is 8.53. The summed E-state index contributed by atoms with van der Waals surface area (Å²) in [6, 6.07) is 0. The zero-order chi connectivity index (χ0) is 11.4. The summed E-state index contributed by atoms with van der Waals surface area (Å²) < 4.78 is 0. The molecule has 1 rings (SSSR count). The van der Waals surface area contributed by atoms with E-state index in [-0.39, 0.29) is 17.7 Å². The van der Waals surface area contributed by atoms with Crippen LogP contribution in [0.25, 0.3) is 0 Å². The van der Waals surface area contributed by atoms with Gasteiger partial charge in [-0.1, -0.05) is 6.58 Å². The molecule has 4 N–H and O–H groups in total. The molecular formula is C9H13N5O. The van der Waals surface area contributed by atoms with Gasteiger partial charge in [0.05, 0.1) is 0 Å². The monoisotopic (exact) mass is 207 g/mol. The minimum Gasteiger partial charge on any atom is -0.368 e. The first-order valence-corrected chi connectivity index (χ1v) is 4.43. The molecule has 0 aromatic carbocycles. The largest absolute Gasteiger partial charge is 0.368 e. The summed E-state index contributed by atoms with van der Waals surface area (Å²) in [5.41, 5.74) is 11.3. The van der Waals surface area contributed by atoms with Gasteiger partial charge in [0.1, 0.15) is 5.82 Å². The third-order valence-corrected chi connectivity index (χ3v) is 1.77. The highest BCUT2D eigenvalue weighted by Gasteiger charge is 2.06. The van der Waals surface area contributed by atoms with E-state index >= 15 is 0 Å². The van der Waals surface area contributed by atoms with Crippen LogP contribution in [-0.4, -0.2) is 20.7 Å². The second kappa shape index (κ2) is 4.50. The number of hydrogen-bond acceptors (Lipinski definition) is 6. The smallest absolute Gasteiger partial charge is 0.225 e. The van der Waals surface area contributed by atoms with E-state index in [1.807, 2.05) is 0 Å². The molecule has 0 atom stereocenters. The van der Waals surface area contributed by atoms with Crippen molar-refractivity contribution in [3.05, 3.63) is 18.0 Å². The van der Waals surface area contributed by atoms with Crippen LogP contribution in [0.1, 0.15) is 19.2 Å². The second-order valence-electron chi connectivity index (χ2n) is 3.17. The Hall–Kier alpha value is -1.98. The number of carbonyl (C=O) groups excluding carboxylic acids is 1. The lowest BCUT2D eigenvalue weighted by Gasteiger charge is -2.01. The molecule has 0 saturated carbocycles. The van der Waals surface area contributed by atoms with Crippen molar-refractivity contribution >= 4 is 17.7 Å². The molecule has 1 aromatic heterocycles. The number of carbonyl (C=O) groups is 1. The van der Waals surface area contributed by atoms with E-state index in [9.17, 15) is 4.79 Å². The lowest BCUT2D eigenvalue weighted by Crippen LogP contribution is -2.09. The van der Waals surface area contributed by atoms with Gasteiger partial charge in [-0.2, -0.15) is 15.0 Å². The Balaban J connectivity index is 2.65. The van der Waals surface area contributed by atoms with Crippen LogP contribution < -0.4 is 11.5 Å². The zero-order valence-electron chi connectivity index (χ0n) is 8.53. The standard InChI is InChI=1S/C9H13N5O/c1-5(2)6(15)3-4-7-12-8(10)14-9(11)13-7/h1,3-4H2,2H3,(H4,10,11,12,13,14). The number of nitrogens with two attached hydrogens (primary N) is 2. The van der Waals surface area contributed by atoms with Crippen molar-refractivity contribution in [2.75, 3.05) is 11.5 Å². The first-order valence-electron chi connectivity index (χ1n) is 4.43. The van der Waals surface area contributed by atoms with Crippen LogP contribution in [0, 0.1) is 0 Å². The van der Waals surface area contributed by atoms with Gasteiger partial charge in [-0.3, -0.25) is 4.79 Å². The van der Waals surface area contributed by atoms with Gasteiger partial charge >= 0.3 is 0 Å². The van der Waals surface area contributed by atoms with E-state index in [0.29, 0.717) is 24.2 Å². The maximum Gasteiger partial charge on any atom is 0.225 e. The summed E-state index contributed by atoms with van der Waals surface area (Å²) in [5.74, 6) is 0.544. The highest BCUT2D eigenvalue weighted by molar-refractivity contribution is 5.94. The van der Waals surface area contributed by atoms with Gasteiger partial charge in [0, 0.05) is 12.8 Å². The van der Waals surface area contributed by atoms with Crippen molar-refractivity contribution in [1.29, 1.82) is 0 Å². The molecule has 80 valence electrons. The Labute approximate surface area is 87.4 Å². The molecule has 0 aliphatic carbocycles. The van der Waals surface area contributed by atoms with Gasteiger partial charge in [-0.25, -0.2) is 0 Å². The fourth-order valence-corrected chi connectivity index (χ4v) is 1.01. The number of aromatic nitrogens is 3. The Morgan fingerprint density at radius 3 is 2.27 bits per heavy atom. The quantitative estimate of drug-likeness (QED) is 0.678. The lowest BCUT2D eigenvalue weighted by atomic mass is 10.1. The third kappa shape index (κ3) is 3.34. The third-order valence-electron chi connectivity index (χ3n) is 1.77. The van der Waals surface area contributed by atoms with Gasteiger partial charge in [0.15, 0.2) is 5.78 Å². The number of rotatable bonds is 4. The van der Waals surface area contributed by atoms with Crippen LogP contribution in [0.15, 0.2) is 12.2 Å². The lowest BCUT2D eigenvalue weighted by molar-refractivity contribution is -0.115. The van der Waals surface area contributed by atoms with Gasteiger partial charge in [0.25, 0.3) is 0 Å². The van der Waals surface area contributed by atoms with Crippen molar-refractivity contribution in [3.63, 3.8) is 0 Å². The van der Waals surface area contributed by atoms with E-state index in [1.165, 1.54) is 0 Å². The normalized spacial score (nSPS) is 9.93. The molecule has 15 heavy (non-hydrogen) atoms. The molecule has 0 aliphatic heterocycles. The average Bonchev–Trinajstić information content (AvgIpc) is 2.12. The molecule has 0 bridgehead atoms. The predicted molar refractivity (Wildman–Crippen MR) is 56.8 cm³/mol. The molecule has 0 spiro atoms. The number of allylic oxidation sites excluding steroid dienone is 1. The molecule has 0 saturated heterocycles. The van der Waals surface area contributed by atoms with Crippen molar-refractivity contribution in [2.24, 2.45) is 0 Å². The van der Waals surface area contributed by atoms with Crippen molar-refractivity contribution in [2.45, 2.75) is 19.8 Å². The van der Waals surface area contributed by atoms with Gasteiger partial charge < -0.3 is 11.5 Å². The van der Waals surface area contributed by atoms with Crippen molar-refractivity contribution in [1.82, 2.24) is 15.0 Å². The predicted octanol–water partition coefficient (Wildman–Crippen LogP) is 0.114. The number of ketones is 1. The molecule has 0 aliphatic rings. The topological polar surface area (TPSA) is 108 Å². The van der Waals surface area contributed by atoms with Gasteiger partial charge in [-0.05, 0) is 12.5 Å². The summed E-state index contributed by atoms with van der Waals surface area (Å²) >= 11 is 0. The number of anilines is 2. The average molecular weight is 207 g/mol. The van der Waals surface area contributed by atoms with Crippen LogP contribution in [0.4, 0.5) is 11.9 Å². The minimum atomic E-state index is -0.0208. The Morgan fingerprint density at radius 1 is 1.27 bits per heavy atom. The maximum absolute atomic E-state index is 11.3. The van der Waals surface area contributed by atoms with Crippen LogP contribution >= 0.6 is 0 Å². The van der Waals surface area contributed by atoms with Crippen LogP contribution in [0.5, 0.6) is 0 Å². The van der Waals surface area contributed by atoms with Crippen LogP contribution in [-0.2, 0) is 11.2 Å². The van der Waals surface area contributed by atoms with Crippen molar-refractivity contribution < 1.29 is 4.79 Å². The number of nitrogen functional groups attached to an aromatic ring is 2. The van der Waals surface area contributed by atoms with Crippen LogP contribution in [0.2, 0.25) is 0 Å². The molecule has 0 fully saturated rings. The van der Waals surface area contributed by atoms with Gasteiger partial charge in [-0.15, -0.1) is 0 Å². The maximum atomic E-state index is 11.3. The number of nitrogens with zero attached hydrogens (tertiary/aromatic N) is 3. The summed E-state index contributed by atoms with van der Waals surface area (Å²) in [4.78, 5) is 22.6. The van der Waals surface area contributed by atoms with E-state index in [1.54, 1.807) is 6.92 Å². The van der Waals surface area contributed by atoms with E-state index in [4.69, 9.17) is 11.5 Å². The summed E-state index contributed by atoms with van der Waals surface area (Å²) in [5, 5.41) is 0. The highest BCUT2D eigenvalue weighted by Crippen LogP contribution is 2.04. The molecular weight excluding hydrogens is 194 g/mol. The summed E-state index contributed by atoms with van der Waals surface area (Å²) in [6.45, 7) is 5.22. The molecule has 1 heterocycles. The Bertz CT molecular complexity index is 381. The first kappa shape index (κ1) is 11.1. The second-order valence-corrected chi connectivity index (χ2v) is 3.17. The molecule has 0 radical (unpaired) electrons. The Morgan fingerprint density at radius 2 is 1.80 bits per heavy atom. The molecule has 1 aromatic rings. The summed E-state index contributed by atoms with van der Waals surface area (Å²) in [7, 11) is 0. The fourth-order valence-electron chi connectivity index (χ4n) is 1.01. The van der Waals surface area contributed by atoms with E-state index < -0.39 is 0 Å². The molecule has 0 unspecified atom stereocenters. The number of Topliss-reactive ketones (excluding diaryl/α,β-unsaturated/α-hetero) is 1. The molecule has 0 amide bonds. The minimum absolute atomic E-state index is 0.0208. The first-order chi connectivity index (χ1) is 6.99. The highest BCUT2D eigenvalue weighted by atomic mass is 16.1. The number of hydrogen-bond donors (Lipinski definition) is 2. The fraction of sp³-hybridized carbons (Fsp3) is 0.333. The van der Waals surface area contributed by atoms with Gasteiger partial charge in [0.2, 0.25) is 11.9 Å². The SMILES string of the molecule is C=C(C)C(=O)CCc1nc(N)nc(N)n1. The number of aryl methyl sites for hydroxylation is 1. The van der Waals surface area contributed by atoms with Crippen molar-refractivity contribution in [3.8, 4) is 0 Å². The van der Waals surface area contributed by atoms with E-state index in [0.717, 1.165) is 0 Å². The molecule has 6 nitrogen and oxygen atoms in total. The van der Waals surface area contributed by atoms with Crippen LogP contribution in [0.3, 0.4) is 0 Å².